The lowest BCUT2D eigenvalue weighted by Gasteiger charge is -2.28. The van der Waals surface area contributed by atoms with Crippen molar-refractivity contribution in [1.29, 1.82) is 0 Å². The summed E-state index contributed by atoms with van der Waals surface area (Å²) in [6, 6.07) is 8.30. The van der Waals surface area contributed by atoms with Crippen molar-refractivity contribution in [1.82, 2.24) is 19.8 Å². The van der Waals surface area contributed by atoms with Crippen LogP contribution in [0.4, 0.5) is 0 Å². The molecule has 23 heavy (non-hydrogen) atoms. The SMILES string of the molecule is O=C(CCn1c(C2CCC2)nc2ccccc21)N1CCNCC1. The van der Waals surface area contributed by atoms with Crippen LogP contribution in [0, 0.1) is 0 Å². The van der Waals surface area contributed by atoms with E-state index < -0.39 is 0 Å². The average Bonchev–Trinajstić information content (AvgIpc) is 2.90. The molecule has 1 aromatic carbocycles. The maximum atomic E-state index is 12.5. The van der Waals surface area contributed by atoms with Crippen molar-refractivity contribution in [3.05, 3.63) is 30.1 Å². The number of aromatic nitrogens is 2. The first-order chi connectivity index (χ1) is 11.3. The number of hydrogen-bond acceptors (Lipinski definition) is 3. The van der Waals surface area contributed by atoms with Crippen molar-refractivity contribution in [2.45, 2.75) is 38.1 Å². The highest BCUT2D eigenvalue weighted by molar-refractivity contribution is 5.78. The number of imidazole rings is 1. The molecule has 4 rings (SSSR count). The van der Waals surface area contributed by atoms with E-state index in [-0.39, 0.29) is 5.91 Å². The summed E-state index contributed by atoms with van der Waals surface area (Å²) in [5.74, 6) is 2.03. The molecule has 0 spiro atoms. The van der Waals surface area contributed by atoms with Gasteiger partial charge in [-0.05, 0) is 25.0 Å². The largest absolute Gasteiger partial charge is 0.340 e. The second-order valence-electron chi connectivity index (χ2n) is 6.62. The van der Waals surface area contributed by atoms with E-state index in [9.17, 15) is 4.79 Å². The van der Waals surface area contributed by atoms with E-state index in [0.29, 0.717) is 12.3 Å². The Hall–Kier alpha value is -1.88. The maximum Gasteiger partial charge on any atom is 0.224 e. The molecule has 0 atom stereocenters. The molecule has 0 radical (unpaired) electrons. The van der Waals surface area contributed by atoms with Gasteiger partial charge in [0.1, 0.15) is 5.82 Å². The summed E-state index contributed by atoms with van der Waals surface area (Å²) in [5.41, 5.74) is 2.23. The molecule has 5 nitrogen and oxygen atoms in total. The molecule has 1 amide bonds. The van der Waals surface area contributed by atoms with E-state index in [1.165, 1.54) is 30.6 Å². The summed E-state index contributed by atoms with van der Waals surface area (Å²) in [6.07, 6.45) is 4.33. The number of aryl methyl sites for hydroxylation is 1. The van der Waals surface area contributed by atoms with Gasteiger partial charge >= 0.3 is 0 Å². The Morgan fingerprint density at radius 3 is 2.74 bits per heavy atom. The van der Waals surface area contributed by atoms with E-state index in [1.54, 1.807) is 0 Å². The molecule has 1 aliphatic heterocycles. The first kappa shape index (κ1) is 14.7. The molecule has 2 heterocycles. The van der Waals surface area contributed by atoms with Gasteiger partial charge in [-0.15, -0.1) is 0 Å². The number of carbonyl (C=O) groups is 1. The summed E-state index contributed by atoms with van der Waals surface area (Å²) < 4.78 is 2.29. The lowest BCUT2D eigenvalue weighted by atomic mass is 9.85. The summed E-state index contributed by atoms with van der Waals surface area (Å²) in [6.45, 7) is 4.23. The van der Waals surface area contributed by atoms with Gasteiger partial charge in [0.2, 0.25) is 5.91 Å². The van der Waals surface area contributed by atoms with E-state index in [2.05, 4.69) is 28.1 Å². The van der Waals surface area contributed by atoms with Crippen molar-refractivity contribution in [3.8, 4) is 0 Å². The van der Waals surface area contributed by atoms with Crippen LogP contribution in [0.3, 0.4) is 0 Å². The number of para-hydroxylation sites is 2. The Morgan fingerprint density at radius 1 is 1.22 bits per heavy atom. The molecule has 2 aromatic rings. The van der Waals surface area contributed by atoms with Gasteiger partial charge in [0, 0.05) is 45.1 Å². The zero-order chi connectivity index (χ0) is 15.6. The minimum atomic E-state index is 0.267. The van der Waals surface area contributed by atoms with Gasteiger partial charge in [-0.1, -0.05) is 18.6 Å². The van der Waals surface area contributed by atoms with Crippen molar-refractivity contribution in [2.24, 2.45) is 0 Å². The van der Waals surface area contributed by atoms with Gasteiger partial charge in [-0.25, -0.2) is 4.98 Å². The second kappa shape index (κ2) is 6.32. The Kier molecular flexibility index (Phi) is 4.04. The van der Waals surface area contributed by atoms with Gasteiger partial charge in [0.25, 0.3) is 0 Å². The third-order valence-electron chi connectivity index (χ3n) is 5.17. The predicted octanol–water partition coefficient (Wildman–Crippen LogP) is 2.13. The number of amides is 1. The Morgan fingerprint density at radius 2 is 2.00 bits per heavy atom. The molecule has 1 saturated heterocycles. The van der Waals surface area contributed by atoms with Crippen LogP contribution >= 0.6 is 0 Å². The van der Waals surface area contributed by atoms with Gasteiger partial charge < -0.3 is 14.8 Å². The van der Waals surface area contributed by atoms with Crippen LogP contribution in [0.15, 0.2) is 24.3 Å². The van der Waals surface area contributed by atoms with Crippen molar-refractivity contribution < 1.29 is 4.79 Å². The van der Waals surface area contributed by atoms with Gasteiger partial charge in [0.15, 0.2) is 0 Å². The highest BCUT2D eigenvalue weighted by atomic mass is 16.2. The molecule has 2 aliphatic rings. The number of hydrogen-bond donors (Lipinski definition) is 1. The van der Waals surface area contributed by atoms with E-state index >= 15 is 0 Å². The third kappa shape index (κ3) is 2.85. The zero-order valence-electron chi connectivity index (χ0n) is 13.5. The molecule has 122 valence electrons. The topological polar surface area (TPSA) is 50.2 Å². The molecule has 1 N–H and O–H groups in total. The molecule has 5 heteroatoms. The standard InChI is InChI=1S/C18H24N4O/c23-17(21-12-9-19-10-13-21)8-11-22-16-7-2-1-6-15(16)20-18(22)14-4-3-5-14/h1-2,6-7,14,19H,3-5,8-13H2. The van der Waals surface area contributed by atoms with E-state index in [4.69, 9.17) is 4.98 Å². The average molecular weight is 312 g/mol. The van der Waals surface area contributed by atoms with E-state index in [1.807, 2.05) is 11.0 Å². The van der Waals surface area contributed by atoms with Crippen molar-refractivity contribution in [3.63, 3.8) is 0 Å². The van der Waals surface area contributed by atoms with Crippen LogP contribution in [0.25, 0.3) is 11.0 Å². The fourth-order valence-corrected chi connectivity index (χ4v) is 3.59. The summed E-state index contributed by atoms with van der Waals surface area (Å²) >= 11 is 0. The Bertz CT molecular complexity index is 698. The van der Waals surface area contributed by atoms with Crippen LogP contribution in [-0.2, 0) is 11.3 Å². The van der Waals surface area contributed by atoms with Crippen LogP contribution in [-0.4, -0.2) is 46.5 Å². The smallest absolute Gasteiger partial charge is 0.224 e. The van der Waals surface area contributed by atoms with Crippen LogP contribution in [0.1, 0.15) is 37.4 Å². The number of benzene rings is 1. The highest BCUT2D eigenvalue weighted by Crippen LogP contribution is 2.37. The molecule has 1 saturated carbocycles. The molecule has 0 unspecified atom stereocenters. The lowest BCUT2D eigenvalue weighted by Crippen LogP contribution is -2.46. The number of piperazine rings is 1. The Balaban J connectivity index is 1.54. The van der Waals surface area contributed by atoms with Crippen molar-refractivity contribution >= 4 is 16.9 Å². The number of rotatable bonds is 4. The lowest BCUT2D eigenvalue weighted by molar-refractivity contribution is -0.131. The number of nitrogens with one attached hydrogen (secondary N) is 1. The maximum absolute atomic E-state index is 12.5. The van der Waals surface area contributed by atoms with Crippen LogP contribution in [0.2, 0.25) is 0 Å². The molecular weight excluding hydrogens is 288 g/mol. The monoisotopic (exact) mass is 312 g/mol. The third-order valence-corrected chi connectivity index (χ3v) is 5.17. The summed E-state index contributed by atoms with van der Waals surface area (Å²) in [4.78, 5) is 19.3. The fraction of sp³-hybridized carbons (Fsp3) is 0.556. The van der Waals surface area contributed by atoms with Gasteiger partial charge in [-0.2, -0.15) is 0 Å². The molecule has 1 aliphatic carbocycles. The summed E-state index contributed by atoms with van der Waals surface area (Å²) in [5, 5.41) is 3.29. The zero-order valence-corrected chi connectivity index (χ0v) is 13.5. The van der Waals surface area contributed by atoms with Crippen LogP contribution in [0.5, 0.6) is 0 Å². The highest BCUT2D eigenvalue weighted by Gasteiger charge is 2.26. The van der Waals surface area contributed by atoms with E-state index in [0.717, 1.165) is 38.2 Å². The van der Waals surface area contributed by atoms with Crippen molar-refractivity contribution in [2.75, 3.05) is 26.2 Å². The number of fused-ring (bicyclic) bond motifs is 1. The molecular formula is C18H24N4O. The normalized spacial score (nSPS) is 19.0. The predicted molar refractivity (Wildman–Crippen MR) is 90.4 cm³/mol. The minimum Gasteiger partial charge on any atom is -0.340 e. The number of carbonyl (C=O) groups excluding carboxylic acids is 1. The first-order valence-electron chi connectivity index (χ1n) is 8.76. The quantitative estimate of drug-likeness (QED) is 0.941. The minimum absolute atomic E-state index is 0.267. The first-order valence-corrected chi connectivity index (χ1v) is 8.76. The molecule has 0 bridgehead atoms. The molecule has 1 aromatic heterocycles. The van der Waals surface area contributed by atoms with Crippen LogP contribution < -0.4 is 5.32 Å². The summed E-state index contributed by atoms with van der Waals surface area (Å²) in [7, 11) is 0. The fourth-order valence-electron chi connectivity index (χ4n) is 3.59. The van der Waals surface area contributed by atoms with Gasteiger partial charge in [-0.3, -0.25) is 4.79 Å². The second-order valence-corrected chi connectivity index (χ2v) is 6.62. The number of nitrogens with zero attached hydrogens (tertiary/aromatic N) is 3. The van der Waals surface area contributed by atoms with Gasteiger partial charge in [0.05, 0.1) is 11.0 Å². The Labute approximate surface area is 136 Å². The molecule has 2 fully saturated rings.